The van der Waals surface area contributed by atoms with Gasteiger partial charge in [-0.3, -0.25) is 10.3 Å². The first-order chi connectivity index (χ1) is 7.86. The first kappa shape index (κ1) is 10.7. The molecule has 1 heterocycles. The lowest BCUT2D eigenvalue weighted by atomic mass is 10.2. The third kappa shape index (κ3) is 2.84. The summed E-state index contributed by atoms with van der Waals surface area (Å²) in [5.41, 5.74) is 3.50. The standard InChI is InChI=1S/C12H13NO3/c14-12(11-7-4-8-13-16-11)15-9-10-5-2-1-3-6-10/h1-6,8,11,13H,7,9H2. The molecule has 0 aliphatic carbocycles. The molecule has 4 nitrogen and oxygen atoms in total. The number of hydroxylamine groups is 1. The van der Waals surface area contributed by atoms with Gasteiger partial charge in [0, 0.05) is 12.6 Å². The zero-order valence-electron chi connectivity index (χ0n) is 8.76. The Morgan fingerprint density at radius 2 is 2.25 bits per heavy atom. The van der Waals surface area contributed by atoms with E-state index in [1.54, 1.807) is 6.20 Å². The Labute approximate surface area is 93.8 Å². The van der Waals surface area contributed by atoms with Crippen molar-refractivity contribution in [3.8, 4) is 0 Å². The highest BCUT2D eigenvalue weighted by Crippen LogP contribution is 2.07. The molecule has 0 saturated carbocycles. The van der Waals surface area contributed by atoms with Crippen LogP contribution < -0.4 is 5.48 Å². The van der Waals surface area contributed by atoms with Crippen LogP contribution in [0.3, 0.4) is 0 Å². The predicted octanol–water partition coefficient (Wildman–Crippen LogP) is 1.54. The number of nitrogens with one attached hydrogen (secondary N) is 1. The van der Waals surface area contributed by atoms with Crippen LogP contribution in [-0.4, -0.2) is 12.1 Å². The molecule has 16 heavy (non-hydrogen) atoms. The smallest absolute Gasteiger partial charge is 0.338 e. The molecule has 0 aromatic heterocycles. The van der Waals surface area contributed by atoms with Gasteiger partial charge >= 0.3 is 5.97 Å². The van der Waals surface area contributed by atoms with E-state index < -0.39 is 6.10 Å². The number of hydrogen-bond donors (Lipinski definition) is 1. The van der Waals surface area contributed by atoms with E-state index in [1.165, 1.54) is 0 Å². The third-order valence-electron chi connectivity index (χ3n) is 2.23. The molecule has 1 aliphatic rings. The zero-order valence-corrected chi connectivity index (χ0v) is 8.76. The van der Waals surface area contributed by atoms with Crippen molar-refractivity contribution in [1.29, 1.82) is 0 Å². The van der Waals surface area contributed by atoms with Gasteiger partial charge in [-0.15, -0.1) is 0 Å². The summed E-state index contributed by atoms with van der Waals surface area (Å²) in [6, 6.07) is 9.56. The van der Waals surface area contributed by atoms with E-state index in [9.17, 15) is 4.79 Å². The van der Waals surface area contributed by atoms with Gasteiger partial charge in [0.1, 0.15) is 6.61 Å². The van der Waals surface area contributed by atoms with Crippen molar-refractivity contribution < 1.29 is 14.4 Å². The van der Waals surface area contributed by atoms with Gasteiger partial charge in [0.2, 0.25) is 0 Å². The van der Waals surface area contributed by atoms with E-state index in [0.29, 0.717) is 6.42 Å². The quantitative estimate of drug-likeness (QED) is 0.783. The minimum atomic E-state index is -0.547. The van der Waals surface area contributed by atoms with Crippen molar-refractivity contribution in [1.82, 2.24) is 5.48 Å². The number of esters is 1. The summed E-state index contributed by atoms with van der Waals surface area (Å²) in [5, 5.41) is 0. The van der Waals surface area contributed by atoms with Gasteiger partial charge in [0.15, 0.2) is 6.10 Å². The van der Waals surface area contributed by atoms with Crippen molar-refractivity contribution in [2.75, 3.05) is 0 Å². The second-order valence-electron chi connectivity index (χ2n) is 3.46. The van der Waals surface area contributed by atoms with Crippen LogP contribution in [0.15, 0.2) is 42.6 Å². The number of hydrogen-bond acceptors (Lipinski definition) is 4. The summed E-state index contributed by atoms with van der Waals surface area (Å²) in [4.78, 5) is 16.6. The number of carbonyl (C=O) groups excluding carboxylic acids is 1. The molecule has 0 amide bonds. The molecule has 1 aromatic carbocycles. The maximum Gasteiger partial charge on any atom is 0.338 e. The summed E-state index contributed by atoms with van der Waals surface area (Å²) >= 11 is 0. The van der Waals surface area contributed by atoms with E-state index in [-0.39, 0.29) is 12.6 Å². The SMILES string of the molecule is O=C(OCc1ccccc1)C1CC=CNO1. The topological polar surface area (TPSA) is 47.6 Å². The second-order valence-corrected chi connectivity index (χ2v) is 3.46. The molecule has 0 fully saturated rings. The summed E-state index contributed by atoms with van der Waals surface area (Å²) in [5.74, 6) is -0.347. The Bertz CT molecular complexity index is 375. The van der Waals surface area contributed by atoms with Crippen LogP contribution >= 0.6 is 0 Å². The summed E-state index contributed by atoms with van der Waals surface area (Å²) < 4.78 is 5.13. The largest absolute Gasteiger partial charge is 0.459 e. The van der Waals surface area contributed by atoms with E-state index in [0.717, 1.165) is 5.56 Å². The lowest BCUT2D eigenvalue weighted by molar-refractivity contribution is -0.163. The Balaban J connectivity index is 1.82. The maximum absolute atomic E-state index is 11.6. The fraction of sp³-hybridized carbons (Fsp3) is 0.250. The first-order valence-corrected chi connectivity index (χ1v) is 5.13. The summed E-state index contributed by atoms with van der Waals surface area (Å²) in [6.07, 6.45) is 3.48. The highest BCUT2D eigenvalue weighted by Gasteiger charge is 2.21. The molecule has 1 N–H and O–H groups in total. The molecule has 0 radical (unpaired) electrons. The minimum Gasteiger partial charge on any atom is -0.459 e. The average Bonchev–Trinajstić information content (AvgIpc) is 2.38. The van der Waals surface area contributed by atoms with Gasteiger partial charge in [-0.25, -0.2) is 4.79 Å². The third-order valence-corrected chi connectivity index (χ3v) is 2.23. The molecule has 84 valence electrons. The van der Waals surface area contributed by atoms with E-state index in [1.807, 2.05) is 36.4 Å². The molecule has 4 heteroatoms. The number of rotatable bonds is 3. The molecular weight excluding hydrogens is 206 g/mol. The molecule has 1 atom stereocenters. The lowest BCUT2D eigenvalue weighted by Crippen LogP contribution is -2.32. The lowest BCUT2D eigenvalue weighted by Gasteiger charge is -2.17. The van der Waals surface area contributed by atoms with Gasteiger partial charge in [-0.1, -0.05) is 36.4 Å². The molecule has 2 rings (SSSR count). The second kappa shape index (κ2) is 5.32. The highest BCUT2D eigenvalue weighted by molar-refractivity contribution is 5.75. The molecule has 0 bridgehead atoms. The minimum absolute atomic E-state index is 0.281. The number of benzene rings is 1. The van der Waals surface area contributed by atoms with E-state index in [2.05, 4.69) is 5.48 Å². The summed E-state index contributed by atoms with van der Waals surface area (Å²) in [6.45, 7) is 0.281. The Kier molecular flexibility index (Phi) is 3.56. The zero-order chi connectivity index (χ0) is 11.2. The van der Waals surface area contributed by atoms with Crippen LogP contribution in [0.1, 0.15) is 12.0 Å². The van der Waals surface area contributed by atoms with Crippen molar-refractivity contribution in [2.24, 2.45) is 0 Å². The van der Waals surface area contributed by atoms with Crippen LogP contribution in [0.2, 0.25) is 0 Å². The maximum atomic E-state index is 11.6. The molecule has 1 unspecified atom stereocenters. The Hall–Kier alpha value is -1.81. The highest BCUT2D eigenvalue weighted by atomic mass is 16.7. The fourth-order valence-corrected chi connectivity index (χ4v) is 1.38. The molecule has 0 spiro atoms. The van der Waals surface area contributed by atoms with Gasteiger partial charge < -0.3 is 4.74 Å². The Morgan fingerprint density at radius 3 is 2.94 bits per heavy atom. The van der Waals surface area contributed by atoms with Gasteiger partial charge in [0.05, 0.1) is 0 Å². The molecule has 0 saturated heterocycles. The monoisotopic (exact) mass is 219 g/mol. The first-order valence-electron chi connectivity index (χ1n) is 5.13. The fourth-order valence-electron chi connectivity index (χ4n) is 1.38. The van der Waals surface area contributed by atoms with Crippen LogP contribution in [0.25, 0.3) is 0 Å². The molecule has 1 aromatic rings. The number of carbonyl (C=O) groups is 1. The predicted molar refractivity (Wildman–Crippen MR) is 58.0 cm³/mol. The van der Waals surface area contributed by atoms with Crippen LogP contribution in [0, 0.1) is 0 Å². The van der Waals surface area contributed by atoms with Crippen LogP contribution in [-0.2, 0) is 21.0 Å². The number of ether oxygens (including phenoxy) is 1. The molecule has 1 aliphatic heterocycles. The van der Waals surface area contributed by atoms with Crippen molar-refractivity contribution in [2.45, 2.75) is 19.1 Å². The van der Waals surface area contributed by atoms with Gasteiger partial charge in [-0.2, -0.15) is 0 Å². The van der Waals surface area contributed by atoms with Gasteiger partial charge in [-0.05, 0) is 5.56 Å². The average molecular weight is 219 g/mol. The van der Waals surface area contributed by atoms with Gasteiger partial charge in [0.25, 0.3) is 0 Å². The van der Waals surface area contributed by atoms with Crippen molar-refractivity contribution in [3.05, 3.63) is 48.2 Å². The van der Waals surface area contributed by atoms with E-state index in [4.69, 9.17) is 9.57 Å². The van der Waals surface area contributed by atoms with Crippen molar-refractivity contribution in [3.63, 3.8) is 0 Å². The normalized spacial score (nSPS) is 18.9. The van der Waals surface area contributed by atoms with Crippen LogP contribution in [0.5, 0.6) is 0 Å². The van der Waals surface area contributed by atoms with Crippen LogP contribution in [0.4, 0.5) is 0 Å². The molecular formula is C12H13NO3. The van der Waals surface area contributed by atoms with E-state index >= 15 is 0 Å². The Morgan fingerprint density at radius 1 is 1.44 bits per heavy atom. The summed E-state index contributed by atoms with van der Waals surface area (Å²) in [7, 11) is 0. The van der Waals surface area contributed by atoms with Crippen molar-refractivity contribution >= 4 is 5.97 Å².